The highest BCUT2D eigenvalue weighted by Crippen LogP contribution is 2.32. The van der Waals surface area contributed by atoms with Crippen LogP contribution in [0.5, 0.6) is 5.75 Å². The Hall–Kier alpha value is -3.46. The molecule has 0 saturated heterocycles. The van der Waals surface area contributed by atoms with Gasteiger partial charge in [0, 0.05) is 7.05 Å². The summed E-state index contributed by atoms with van der Waals surface area (Å²) in [4.78, 5) is 19.1. The highest BCUT2D eigenvalue weighted by molar-refractivity contribution is 7.22. The third-order valence-corrected chi connectivity index (χ3v) is 6.42. The lowest BCUT2D eigenvalue weighted by atomic mass is 10.1. The van der Waals surface area contributed by atoms with E-state index in [1.807, 2.05) is 50.1 Å². The predicted molar refractivity (Wildman–Crippen MR) is 124 cm³/mol. The molecule has 0 radical (unpaired) electrons. The topological polar surface area (TPSA) is 72.3 Å². The van der Waals surface area contributed by atoms with Crippen molar-refractivity contribution in [3.63, 3.8) is 0 Å². The Balaban J connectivity index is 1.49. The molecule has 0 fully saturated rings. The van der Waals surface area contributed by atoms with E-state index in [1.54, 1.807) is 23.9 Å². The molecule has 2 heterocycles. The summed E-state index contributed by atoms with van der Waals surface area (Å²) in [6.07, 6.45) is 0. The number of methoxy groups -OCH3 is 1. The molecule has 4 aromatic rings. The summed E-state index contributed by atoms with van der Waals surface area (Å²) in [7, 11) is 3.46. The van der Waals surface area contributed by atoms with Gasteiger partial charge in [-0.05, 0) is 55.8 Å². The lowest BCUT2D eigenvalue weighted by Gasteiger charge is -2.18. The summed E-state index contributed by atoms with van der Waals surface area (Å²) in [6.45, 7) is 3.97. The number of halogens is 1. The van der Waals surface area contributed by atoms with Gasteiger partial charge in [0.05, 0.1) is 35.8 Å². The van der Waals surface area contributed by atoms with E-state index in [1.165, 1.54) is 23.5 Å². The maximum atomic E-state index is 13.1. The Morgan fingerprint density at radius 2 is 1.91 bits per heavy atom. The van der Waals surface area contributed by atoms with Gasteiger partial charge in [-0.25, -0.2) is 9.07 Å². The summed E-state index contributed by atoms with van der Waals surface area (Å²) >= 11 is 1.50. The molecule has 2 aromatic heterocycles. The molecular formula is C23H24FN5O2S. The van der Waals surface area contributed by atoms with Crippen molar-refractivity contribution >= 4 is 32.7 Å². The number of benzene rings is 2. The highest BCUT2D eigenvalue weighted by atomic mass is 32.1. The molecule has 0 aliphatic rings. The quantitative estimate of drug-likeness (QED) is 0.453. The van der Waals surface area contributed by atoms with Gasteiger partial charge in [0.2, 0.25) is 5.91 Å². The number of ether oxygens (including phenoxy) is 1. The van der Waals surface area contributed by atoms with E-state index >= 15 is 0 Å². The van der Waals surface area contributed by atoms with E-state index in [9.17, 15) is 9.18 Å². The zero-order valence-corrected chi connectivity index (χ0v) is 19.1. The van der Waals surface area contributed by atoms with Gasteiger partial charge >= 0.3 is 0 Å². The van der Waals surface area contributed by atoms with E-state index in [4.69, 9.17) is 9.72 Å². The molecule has 32 heavy (non-hydrogen) atoms. The number of anilines is 1. The molecule has 0 spiro atoms. The Morgan fingerprint density at radius 3 is 2.56 bits per heavy atom. The van der Waals surface area contributed by atoms with Crippen LogP contribution >= 0.6 is 11.3 Å². The van der Waals surface area contributed by atoms with Gasteiger partial charge < -0.3 is 15.0 Å². The Labute approximate surface area is 189 Å². The molecular weight excluding hydrogens is 429 g/mol. The maximum Gasteiger partial charge on any atom is 0.240 e. The van der Waals surface area contributed by atoms with Crippen LogP contribution in [0.15, 0.2) is 48.5 Å². The van der Waals surface area contributed by atoms with Crippen LogP contribution in [0.3, 0.4) is 0 Å². The number of hydrogen-bond donors (Lipinski definition) is 1. The number of rotatable bonds is 7. The van der Waals surface area contributed by atoms with Crippen molar-refractivity contribution in [1.82, 2.24) is 20.1 Å². The van der Waals surface area contributed by atoms with E-state index in [-0.39, 0.29) is 24.3 Å². The van der Waals surface area contributed by atoms with Crippen molar-refractivity contribution in [3.8, 4) is 11.4 Å². The van der Waals surface area contributed by atoms with Gasteiger partial charge in [-0.1, -0.05) is 23.5 Å². The smallest absolute Gasteiger partial charge is 0.240 e. The fourth-order valence-corrected chi connectivity index (χ4v) is 4.34. The minimum absolute atomic E-state index is 0.142. The summed E-state index contributed by atoms with van der Waals surface area (Å²) in [5.74, 6) is 0.330. The number of carbonyl (C=O) groups is 1. The van der Waals surface area contributed by atoms with Crippen LogP contribution in [-0.2, 0) is 4.79 Å². The standard InChI is InChI=1S/C23H24FN5O2S/c1-14(16-5-7-17(24)8-6-16)25-20(30)13-28(3)23-26-22-21(32-23)15(2)27-29(22)18-9-11-19(31-4)12-10-18/h5-12,14H,13H2,1-4H3,(H,25,30)/t14-/m1/s1. The van der Waals surface area contributed by atoms with E-state index in [0.29, 0.717) is 0 Å². The second-order valence-electron chi connectivity index (χ2n) is 7.54. The minimum Gasteiger partial charge on any atom is -0.497 e. The molecule has 0 bridgehead atoms. The van der Waals surface area contributed by atoms with Crippen LogP contribution in [-0.4, -0.2) is 41.4 Å². The molecule has 0 unspecified atom stereocenters. The first-order valence-corrected chi connectivity index (χ1v) is 10.9. The normalized spacial score (nSPS) is 12.0. The fraction of sp³-hybridized carbons (Fsp3) is 0.261. The van der Waals surface area contributed by atoms with E-state index < -0.39 is 0 Å². The molecule has 1 atom stereocenters. The first kappa shape index (κ1) is 21.8. The molecule has 0 saturated carbocycles. The Bertz CT molecular complexity index is 1230. The van der Waals surface area contributed by atoms with Gasteiger partial charge in [-0.15, -0.1) is 0 Å². The monoisotopic (exact) mass is 453 g/mol. The SMILES string of the molecule is COc1ccc(-n2nc(C)c3sc(N(C)CC(=O)N[C@H](C)c4ccc(F)cc4)nc32)cc1. The van der Waals surface area contributed by atoms with Gasteiger partial charge in [0.15, 0.2) is 10.8 Å². The van der Waals surface area contributed by atoms with Crippen LogP contribution in [0.4, 0.5) is 9.52 Å². The molecule has 4 rings (SSSR count). The van der Waals surface area contributed by atoms with E-state index in [0.717, 1.165) is 38.2 Å². The van der Waals surface area contributed by atoms with Crippen molar-refractivity contribution in [3.05, 3.63) is 65.6 Å². The van der Waals surface area contributed by atoms with Crippen LogP contribution in [0, 0.1) is 12.7 Å². The molecule has 1 amide bonds. The number of carbonyl (C=O) groups excluding carboxylic acids is 1. The van der Waals surface area contributed by atoms with Crippen LogP contribution in [0.25, 0.3) is 16.0 Å². The largest absolute Gasteiger partial charge is 0.497 e. The number of fused-ring (bicyclic) bond motifs is 1. The van der Waals surface area contributed by atoms with Gasteiger partial charge in [-0.2, -0.15) is 10.1 Å². The number of nitrogens with one attached hydrogen (secondary N) is 1. The van der Waals surface area contributed by atoms with Gasteiger partial charge in [0.25, 0.3) is 0 Å². The van der Waals surface area contributed by atoms with Crippen molar-refractivity contribution in [2.45, 2.75) is 19.9 Å². The second kappa shape index (κ2) is 8.96. The van der Waals surface area contributed by atoms with Crippen LogP contribution < -0.4 is 15.0 Å². The number of nitrogens with zero attached hydrogens (tertiary/aromatic N) is 4. The lowest BCUT2D eigenvalue weighted by molar-refractivity contribution is -0.120. The minimum atomic E-state index is -0.300. The third-order valence-electron chi connectivity index (χ3n) is 5.15. The number of hydrogen-bond acceptors (Lipinski definition) is 6. The average Bonchev–Trinajstić information content (AvgIpc) is 3.35. The molecule has 7 nitrogen and oxygen atoms in total. The zero-order valence-electron chi connectivity index (χ0n) is 18.3. The molecule has 2 aromatic carbocycles. The number of aryl methyl sites for hydroxylation is 1. The zero-order chi connectivity index (χ0) is 22.8. The number of thiazole rings is 1. The van der Waals surface area contributed by atoms with Gasteiger partial charge in [0.1, 0.15) is 11.6 Å². The van der Waals surface area contributed by atoms with Crippen LogP contribution in [0.2, 0.25) is 0 Å². The fourth-order valence-electron chi connectivity index (χ4n) is 3.39. The average molecular weight is 454 g/mol. The number of aromatic nitrogens is 3. The van der Waals surface area contributed by atoms with Gasteiger partial charge in [-0.3, -0.25) is 4.79 Å². The molecule has 1 N–H and O–H groups in total. The number of likely N-dealkylation sites (N-methyl/N-ethyl adjacent to an activating group) is 1. The maximum absolute atomic E-state index is 13.1. The summed E-state index contributed by atoms with van der Waals surface area (Å²) in [5.41, 5.74) is 3.36. The number of amides is 1. The predicted octanol–water partition coefficient (Wildman–Crippen LogP) is 4.25. The van der Waals surface area contributed by atoms with Crippen LogP contribution in [0.1, 0.15) is 24.2 Å². The summed E-state index contributed by atoms with van der Waals surface area (Å²) in [5, 5.41) is 8.29. The van der Waals surface area contributed by atoms with Crippen molar-refractivity contribution in [2.24, 2.45) is 0 Å². The third kappa shape index (κ3) is 4.43. The molecule has 0 aliphatic heterocycles. The van der Waals surface area contributed by atoms with Crippen molar-refractivity contribution in [2.75, 3.05) is 25.6 Å². The highest BCUT2D eigenvalue weighted by Gasteiger charge is 2.19. The summed E-state index contributed by atoms with van der Waals surface area (Å²) in [6, 6.07) is 13.5. The molecule has 166 valence electrons. The Kier molecular flexibility index (Phi) is 6.09. The molecule has 9 heteroatoms. The van der Waals surface area contributed by atoms with Crippen molar-refractivity contribution < 1.29 is 13.9 Å². The summed E-state index contributed by atoms with van der Waals surface area (Å²) < 4.78 is 21.1. The van der Waals surface area contributed by atoms with E-state index in [2.05, 4.69) is 10.4 Å². The van der Waals surface area contributed by atoms with Crippen molar-refractivity contribution in [1.29, 1.82) is 0 Å². The first-order valence-electron chi connectivity index (χ1n) is 10.1. The second-order valence-corrected chi connectivity index (χ2v) is 8.52. The Morgan fingerprint density at radius 1 is 1.22 bits per heavy atom. The first-order chi connectivity index (χ1) is 15.4. The molecule has 0 aliphatic carbocycles. The lowest BCUT2D eigenvalue weighted by Crippen LogP contribution is -2.36.